The summed E-state index contributed by atoms with van der Waals surface area (Å²) < 4.78 is 5.07. The minimum absolute atomic E-state index is 0.195. The van der Waals surface area contributed by atoms with Gasteiger partial charge in [-0.2, -0.15) is 4.98 Å². The number of aryl methyl sites for hydroxylation is 1. The number of thiazole rings is 1. The second kappa shape index (κ2) is 5.58. The van der Waals surface area contributed by atoms with Gasteiger partial charge in [0.1, 0.15) is 0 Å². The van der Waals surface area contributed by atoms with Crippen LogP contribution in [0.25, 0.3) is 0 Å². The molecule has 0 radical (unpaired) electrons. The number of amides is 1. The third-order valence-electron chi connectivity index (χ3n) is 2.00. The second-order valence-corrected chi connectivity index (χ2v) is 4.54. The van der Waals surface area contributed by atoms with Gasteiger partial charge in [-0.3, -0.25) is 10.1 Å². The summed E-state index contributed by atoms with van der Waals surface area (Å²) in [5, 5.41) is 11.8. The number of hydrogen-bond acceptors (Lipinski definition) is 6. The molecule has 2 rings (SSSR count). The van der Waals surface area contributed by atoms with Gasteiger partial charge in [-0.05, 0) is 13.8 Å². The molecule has 0 saturated carbocycles. The highest BCUT2D eigenvalue weighted by Gasteiger charge is 2.10. The molecular weight excluding hydrogens is 254 g/mol. The van der Waals surface area contributed by atoms with Gasteiger partial charge < -0.3 is 4.74 Å². The van der Waals surface area contributed by atoms with E-state index in [-0.39, 0.29) is 24.3 Å². The number of rotatable bonds is 5. The number of hydrogen-bond donors (Lipinski definition) is 2. The average molecular weight is 267 g/mol. The Bertz CT molecular complexity index is 536. The maximum Gasteiger partial charge on any atom is 0.337 e. The zero-order valence-corrected chi connectivity index (χ0v) is 10.9. The lowest BCUT2D eigenvalue weighted by Gasteiger charge is -1.98. The van der Waals surface area contributed by atoms with Crippen molar-refractivity contribution in [3.05, 3.63) is 16.1 Å². The van der Waals surface area contributed by atoms with E-state index in [0.29, 0.717) is 6.61 Å². The SMILES string of the molecule is CCOc1n[nH]c(NC(=O)Cc2csc(C)n2)n1. The molecule has 8 heteroatoms. The van der Waals surface area contributed by atoms with Crippen LogP contribution in [0.5, 0.6) is 6.01 Å². The Morgan fingerprint density at radius 1 is 1.56 bits per heavy atom. The van der Waals surface area contributed by atoms with Crippen molar-refractivity contribution in [2.45, 2.75) is 20.3 Å². The van der Waals surface area contributed by atoms with Crippen LogP contribution in [0.2, 0.25) is 0 Å². The largest absolute Gasteiger partial charge is 0.463 e. The number of H-pyrrole nitrogens is 1. The second-order valence-electron chi connectivity index (χ2n) is 3.48. The summed E-state index contributed by atoms with van der Waals surface area (Å²) in [7, 11) is 0. The van der Waals surface area contributed by atoms with E-state index >= 15 is 0 Å². The first kappa shape index (κ1) is 12.5. The van der Waals surface area contributed by atoms with Gasteiger partial charge in [-0.1, -0.05) is 0 Å². The molecule has 0 bridgehead atoms. The molecule has 18 heavy (non-hydrogen) atoms. The number of anilines is 1. The number of aromatic nitrogens is 4. The number of carbonyl (C=O) groups excluding carboxylic acids is 1. The highest BCUT2D eigenvalue weighted by molar-refractivity contribution is 7.09. The third kappa shape index (κ3) is 3.27. The Kier molecular flexibility index (Phi) is 3.88. The highest BCUT2D eigenvalue weighted by atomic mass is 32.1. The first-order valence-corrected chi connectivity index (χ1v) is 6.31. The van der Waals surface area contributed by atoms with Crippen molar-refractivity contribution < 1.29 is 9.53 Å². The standard InChI is InChI=1S/C10H13N5O2S/c1-3-17-10-13-9(14-15-10)12-8(16)4-7-5-18-6(2)11-7/h5H,3-4H2,1-2H3,(H2,12,13,14,15,16). The van der Waals surface area contributed by atoms with Gasteiger partial charge in [0.2, 0.25) is 11.9 Å². The Morgan fingerprint density at radius 3 is 3.06 bits per heavy atom. The van der Waals surface area contributed by atoms with Crippen molar-refractivity contribution in [3.8, 4) is 6.01 Å². The zero-order valence-electron chi connectivity index (χ0n) is 10.1. The van der Waals surface area contributed by atoms with Crippen LogP contribution >= 0.6 is 11.3 Å². The Balaban J connectivity index is 1.90. The molecule has 0 saturated heterocycles. The Morgan fingerprint density at radius 2 is 2.39 bits per heavy atom. The monoisotopic (exact) mass is 267 g/mol. The van der Waals surface area contributed by atoms with Crippen molar-refractivity contribution in [1.82, 2.24) is 20.2 Å². The van der Waals surface area contributed by atoms with Gasteiger partial charge in [-0.25, -0.2) is 10.1 Å². The van der Waals surface area contributed by atoms with E-state index in [2.05, 4.69) is 25.5 Å². The van der Waals surface area contributed by atoms with Gasteiger partial charge in [0, 0.05) is 5.38 Å². The van der Waals surface area contributed by atoms with E-state index in [1.54, 1.807) is 0 Å². The van der Waals surface area contributed by atoms with Crippen LogP contribution in [-0.2, 0) is 11.2 Å². The van der Waals surface area contributed by atoms with E-state index in [4.69, 9.17) is 4.74 Å². The molecule has 2 heterocycles. The van der Waals surface area contributed by atoms with Gasteiger partial charge in [0.25, 0.3) is 0 Å². The summed E-state index contributed by atoms with van der Waals surface area (Å²) >= 11 is 1.52. The van der Waals surface area contributed by atoms with E-state index in [1.165, 1.54) is 11.3 Å². The molecule has 96 valence electrons. The van der Waals surface area contributed by atoms with Crippen molar-refractivity contribution in [1.29, 1.82) is 0 Å². The number of aromatic amines is 1. The van der Waals surface area contributed by atoms with Gasteiger partial charge in [0.15, 0.2) is 0 Å². The molecule has 0 atom stereocenters. The topological polar surface area (TPSA) is 92.8 Å². The van der Waals surface area contributed by atoms with Crippen LogP contribution in [0.15, 0.2) is 5.38 Å². The highest BCUT2D eigenvalue weighted by Crippen LogP contribution is 2.10. The van der Waals surface area contributed by atoms with Gasteiger partial charge in [0.05, 0.1) is 23.7 Å². The first-order valence-electron chi connectivity index (χ1n) is 5.43. The van der Waals surface area contributed by atoms with Crippen molar-refractivity contribution in [2.75, 3.05) is 11.9 Å². The predicted molar refractivity (Wildman–Crippen MR) is 66.7 cm³/mol. The minimum atomic E-state index is -0.195. The predicted octanol–water partition coefficient (Wildman–Crippen LogP) is 1.15. The molecule has 2 N–H and O–H groups in total. The number of nitrogens with zero attached hydrogens (tertiary/aromatic N) is 3. The molecule has 7 nitrogen and oxygen atoms in total. The van der Waals surface area contributed by atoms with Crippen LogP contribution < -0.4 is 10.1 Å². The van der Waals surface area contributed by atoms with Crippen LogP contribution in [0.4, 0.5) is 5.95 Å². The van der Waals surface area contributed by atoms with E-state index < -0.39 is 0 Å². The average Bonchev–Trinajstić information content (AvgIpc) is 2.89. The number of ether oxygens (including phenoxy) is 1. The molecule has 0 aromatic carbocycles. The number of nitrogens with one attached hydrogen (secondary N) is 2. The van der Waals surface area contributed by atoms with E-state index in [0.717, 1.165) is 10.7 Å². The Labute approximate surface area is 108 Å². The lowest BCUT2D eigenvalue weighted by Crippen LogP contribution is -2.15. The van der Waals surface area contributed by atoms with Crippen molar-refractivity contribution in [2.24, 2.45) is 0 Å². The summed E-state index contributed by atoms with van der Waals surface area (Å²) in [5.41, 5.74) is 0.750. The fourth-order valence-corrected chi connectivity index (χ4v) is 1.94. The molecule has 2 aromatic rings. The van der Waals surface area contributed by atoms with Crippen LogP contribution in [-0.4, -0.2) is 32.7 Å². The Hall–Kier alpha value is -1.96. The van der Waals surface area contributed by atoms with E-state index in [1.807, 2.05) is 19.2 Å². The zero-order chi connectivity index (χ0) is 13.0. The minimum Gasteiger partial charge on any atom is -0.463 e. The molecule has 2 aromatic heterocycles. The third-order valence-corrected chi connectivity index (χ3v) is 2.83. The lowest BCUT2D eigenvalue weighted by atomic mass is 10.3. The molecule has 0 aliphatic carbocycles. The van der Waals surface area contributed by atoms with Crippen LogP contribution in [0, 0.1) is 6.92 Å². The van der Waals surface area contributed by atoms with Gasteiger partial charge in [-0.15, -0.1) is 16.4 Å². The summed E-state index contributed by atoms with van der Waals surface area (Å²) in [5.74, 6) is 0.0786. The molecule has 1 amide bonds. The molecule has 0 unspecified atom stereocenters. The summed E-state index contributed by atoms with van der Waals surface area (Å²) in [4.78, 5) is 19.8. The summed E-state index contributed by atoms with van der Waals surface area (Å²) in [6, 6.07) is 0.220. The van der Waals surface area contributed by atoms with E-state index in [9.17, 15) is 4.79 Å². The molecular formula is C10H13N5O2S. The smallest absolute Gasteiger partial charge is 0.337 e. The summed E-state index contributed by atoms with van der Waals surface area (Å²) in [6.07, 6.45) is 0.217. The lowest BCUT2D eigenvalue weighted by molar-refractivity contribution is -0.115. The fourth-order valence-electron chi connectivity index (χ4n) is 1.33. The maximum absolute atomic E-state index is 11.7. The summed E-state index contributed by atoms with van der Waals surface area (Å²) in [6.45, 7) is 4.21. The molecule has 0 aliphatic rings. The first-order chi connectivity index (χ1) is 8.67. The van der Waals surface area contributed by atoms with Crippen molar-refractivity contribution >= 4 is 23.2 Å². The van der Waals surface area contributed by atoms with Crippen LogP contribution in [0.1, 0.15) is 17.6 Å². The normalized spacial score (nSPS) is 10.3. The van der Waals surface area contributed by atoms with Crippen molar-refractivity contribution in [3.63, 3.8) is 0 Å². The maximum atomic E-state index is 11.7. The molecule has 0 spiro atoms. The number of carbonyl (C=O) groups is 1. The quantitative estimate of drug-likeness (QED) is 0.847. The van der Waals surface area contributed by atoms with Gasteiger partial charge >= 0.3 is 6.01 Å². The fraction of sp³-hybridized carbons (Fsp3) is 0.400. The molecule has 0 fully saturated rings. The van der Waals surface area contributed by atoms with Crippen LogP contribution in [0.3, 0.4) is 0 Å². The molecule has 0 aliphatic heterocycles.